The van der Waals surface area contributed by atoms with Crippen LogP contribution in [0.1, 0.15) is 35.5 Å². The van der Waals surface area contributed by atoms with Crippen LogP contribution in [0.4, 0.5) is 5.13 Å². The molecule has 2 aromatic heterocycles. The van der Waals surface area contributed by atoms with Crippen molar-refractivity contribution in [1.82, 2.24) is 14.9 Å². The third-order valence-electron chi connectivity index (χ3n) is 5.12. The van der Waals surface area contributed by atoms with E-state index in [4.69, 9.17) is 4.74 Å². The van der Waals surface area contributed by atoms with Crippen LogP contribution in [0.5, 0.6) is 5.75 Å². The number of amides is 1. The number of anilines is 1. The second-order valence-corrected chi connectivity index (χ2v) is 9.21. The number of fused-ring (bicyclic) bond motifs is 1. The molecule has 0 saturated carbocycles. The molecule has 3 aromatic rings. The Kier molecular flexibility index (Phi) is 6.15. The molecule has 1 aliphatic heterocycles. The van der Waals surface area contributed by atoms with Crippen LogP contribution in [-0.4, -0.2) is 40.0 Å². The number of benzene rings is 1. The van der Waals surface area contributed by atoms with Gasteiger partial charge in [0.1, 0.15) is 5.75 Å². The predicted molar refractivity (Wildman–Crippen MR) is 125 cm³/mol. The molecule has 1 amide bonds. The van der Waals surface area contributed by atoms with E-state index in [0.717, 1.165) is 36.3 Å². The molecule has 160 valence electrons. The number of ether oxygens (including phenoxy) is 1. The van der Waals surface area contributed by atoms with Crippen LogP contribution in [0.2, 0.25) is 0 Å². The van der Waals surface area contributed by atoms with Gasteiger partial charge < -0.3 is 9.64 Å². The molecule has 7 heteroatoms. The molecule has 0 fully saturated rings. The summed E-state index contributed by atoms with van der Waals surface area (Å²) >= 11 is 1.54. The second-order valence-electron chi connectivity index (χ2n) is 8.13. The minimum absolute atomic E-state index is 0.214. The van der Waals surface area contributed by atoms with Gasteiger partial charge in [0, 0.05) is 36.8 Å². The first kappa shape index (κ1) is 21.2. The van der Waals surface area contributed by atoms with Gasteiger partial charge >= 0.3 is 0 Å². The highest BCUT2D eigenvalue weighted by atomic mass is 32.1. The van der Waals surface area contributed by atoms with Gasteiger partial charge in [0.15, 0.2) is 10.7 Å². The average molecular weight is 435 g/mol. The molecule has 31 heavy (non-hydrogen) atoms. The van der Waals surface area contributed by atoms with Crippen molar-refractivity contribution in [2.24, 2.45) is 0 Å². The van der Waals surface area contributed by atoms with E-state index in [2.05, 4.69) is 27.2 Å². The molecule has 0 saturated heterocycles. The van der Waals surface area contributed by atoms with Crippen LogP contribution in [0.3, 0.4) is 0 Å². The van der Waals surface area contributed by atoms with E-state index >= 15 is 0 Å². The number of nitrogens with zero attached hydrogens (tertiary/aromatic N) is 3. The smallest absolute Gasteiger partial charge is 0.269 e. The number of nitrogens with one attached hydrogen (secondary N) is 1. The first-order chi connectivity index (χ1) is 14.9. The van der Waals surface area contributed by atoms with Crippen molar-refractivity contribution in [2.45, 2.75) is 32.4 Å². The second kappa shape index (κ2) is 8.99. The molecule has 0 aliphatic carbocycles. The lowest BCUT2D eigenvalue weighted by molar-refractivity contribution is -0.128. The van der Waals surface area contributed by atoms with E-state index < -0.39 is 5.60 Å². The molecule has 4 rings (SSSR count). The van der Waals surface area contributed by atoms with Crippen molar-refractivity contribution in [2.75, 3.05) is 18.9 Å². The molecule has 1 aromatic carbocycles. The maximum atomic E-state index is 12.8. The largest absolute Gasteiger partial charge is 0.478 e. The summed E-state index contributed by atoms with van der Waals surface area (Å²) in [5.74, 6) is 0.426. The first-order valence-corrected chi connectivity index (χ1v) is 11.1. The Morgan fingerprint density at radius 2 is 1.81 bits per heavy atom. The normalized spacial score (nSPS) is 14.4. The predicted octanol–water partition coefficient (Wildman–Crippen LogP) is 4.49. The maximum Gasteiger partial charge on any atom is 0.269 e. The highest BCUT2D eigenvalue weighted by Gasteiger charge is 2.31. The SMILES string of the molecule is CN1CCc2nc(NC(=O)C(C)(C)Oc3ccc(/C=C/c4ccncc4)cc3)sc2C1. The lowest BCUT2D eigenvalue weighted by Crippen LogP contribution is -2.42. The molecule has 0 radical (unpaired) electrons. The number of pyridine rings is 1. The van der Waals surface area contributed by atoms with Gasteiger partial charge in [-0.05, 0) is 56.3 Å². The van der Waals surface area contributed by atoms with Crippen LogP contribution in [0.25, 0.3) is 12.2 Å². The highest BCUT2D eigenvalue weighted by Crippen LogP contribution is 2.29. The van der Waals surface area contributed by atoms with Crippen LogP contribution in [0.15, 0.2) is 48.8 Å². The van der Waals surface area contributed by atoms with E-state index in [1.165, 1.54) is 4.88 Å². The van der Waals surface area contributed by atoms with Gasteiger partial charge in [-0.1, -0.05) is 24.3 Å². The summed E-state index contributed by atoms with van der Waals surface area (Å²) in [7, 11) is 2.10. The van der Waals surface area contributed by atoms with Gasteiger partial charge in [-0.2, -0.15) is 0 Å². The van der Waals surface area contributed by atoms with Crippen molar-refractivity contribution < 1.29 is 9.53 Å². The quantitative estimate of drug-likeness (QED) is 0.619. The molecule has 0 atom stereocenters. The van der Waals surface area contributed by atoms with E-state index in [-0.39, 0.29) is 5.91 Å². The van der Waals surface area contributed by atoms with Crippen LogP contribution < -0.4 is 10.1 Å². The number of hydrogen-bond donors (Lipinski definition) is 1. The molecular weight excluding hydrogens is 408 g/mol. The molecule has 0 unspecified atom stereocenters. The van der Waals surface area contributed by atoms with Crippen LogP contribution >= 0.6 is 11.3 Å². The minimum Gasteiger partial charge on any atom is -0.478 e. The molecule has 1 N–H and O–H groups in total. The van der Waals surface area contributed by atoms with Crippen molar-refractivity contribution in [3.63, 3.8) is 0 Å². The third-order valence-corrected chi connectivity index (χ3v) is 6.11. The van der Waals surface area contributed by atoms with Gasteiger partial charge in [0.25, 0.3) is 5.91 Å². The summed E-state index contributed by atoms with van der Waals surface area (Å²) in [6.45, 7) is 5.40. The monoisotopic (exact) mass is 434 g/mol. The Labute approximate surface area is 186 Å². The van der Waals surface area contributed by atoms with Crippen molar-refractivity contribution >= 4 is 34.5 Å². The number of likely N-dealkylation sites (N-methyl/N-ethyl adjacent to an activating group) is 1. The molecule has 0 bridgehead atoms. The average Bonchev–Trinajstić information content (AvgIpc) is 3.15. The topological polar surface area (TPSA) is 67.4 Å². The maximum absolute atomic E-state index is 12.8. The van der Waals surface area contributed by atoms with Crippen molar-refractivity contribution in [3.05, 3.63) is 70.5 Å². The van der Waals surface area contributed by atoms with Gasteiger partial charge in [-0.3, -0.25) is 15.1 Å². The summed E-state index contributed by atoms with van der Waals surface area (Å²) in [5, 5.41) is 3.57. The molecule has 6 nitrogen and oxygen atoms in total. The Morgan fingerprint density at radius 3 is 2.52 bits per heavy atom. The van der Waals surface area contributed by atoms with E-state index in [9.17, 15) is 4.79 Å². The number of carbonyl (C=O) groups is 1. The van der Waals surface area contributed by atoms with Gasteiger partial charge in [0.2, 0.25) is 0 Å². The lowest BCUT2D eigenvalue weighted by Gasteiger charge is -2.24. The number of thiazole rings is 1. The Hall–Kier alpha value is -3.03. The summed E-state index contributed by atoms with van der Waals surface area (Å²) in [6.07, 6.45) is 8.51. The minimum atomic E-state index is -1.03. The highest BCUT2D eigenvalue weighted by molar-refractivity contribution is 7.15. The molecule has 1 aliphatic rings. The number of aromatic nitrogens is 2. The van der Waals surface area contributed by atoms with Crippen LogP contribution in [-0.2, 0) is 17.8 Å². The van der Waals surface area contributed by atoms with E-state index in [0.29, 0.717) is 10.9 Å². The van der Waals surface area contributed by atoms with Crippen molar-refractivity contribution in [1.29, 1.82) is 0 Å². The number of hydrogen-bond acceptors (Lipinski definition) is 6. The molecule has 0 spiro atoms. The summed E-state index contributed by atoms with van der Waals surface area (Å²) in [4.78, 5) is 24.9. The van der Waals surface area contributed by atoms with Gasteiger partial charge in [-0.25, -0.2) is 4.98 Å². The fraction of sp³-hybridized carbons (Fsp3) is 0.292. The Bertz CT molecular complexity index is 1070. The first-order valence-electron chi connectivity index (χ1n) is 10.2. The Balaban J connectivity index is 1.37. The number of rotatable bonds is 6. The Morgan fingerprint density at radius 1 is 1.13 bits per heavy atom. The standard InChI is InChI=1S/C24H26N4O2S/c1-24(2,22(29)27-23-26-20-12-15-28(3)16-21(20)31-23)30-19-8-6-17(7-9-19)4-5-18-10-13-25-14-11-18/h4-11,13-14H,12,15-16H2,1-3H3,(H,26,27,29)/b5-4+. The third kappa shape index (κ3) is 5.37. The fourth-order valence-electron chi connectivity index (χ4n) is 3.28. The van der Waals surface area contributed by atoms with Gasteiger partial charge in [-0.15, -0.1) is 11.3 Å². The summed E-state index contributed by atoms with van der Waals surface area (Å²) < 4.78 is 6.00. The van der Waals surface area contributed by atoms with Gasteiger partial charge in [0.05, 0.1) is 5.69 Å². The summed E-state index contributed by atoms with van der Waals surface area (Å²) in [6, 6.07) is 11.6. The lowest BCUT2D eigenvalue weighted by atomic mass is 10.1. The zero-order chi connectivity index (χ0) is 21.8. The zero-order valence-electron chi connectivity index (χ0n) is 18.0. The van der Waals surface area contributed by atoms with E-state index in [1.807, 2.05) is 48.6 Å². The molecule has 3 heterocycles. The number of carbonyl (C=O) groups excluding carboxylic acids is 1. The fourth-order valence-corrected chi connectivity index (χ4v) is 4.36. The van der Waals surface area contributed by atoms with Crippen molar-refractivity contribution in [3.8, 4) is 5.75 Å². The molecular formula is C24H26N4O2S. The zero-order valence-corrected chi connectivity index (χ0v) is 18.8. The summed E-state index contributed by atoms with van der Waals surface area (Å²) in [5.41, 5.74) is 2.19. The van der Waals surface area contributed by atoms with E-state index in [1.54, 1.807) is 37.6 Å². The van der Waals surface area contributed by atoms with Crippen LogP contribution in [0, 0.1) is 0 Å².